The van der Waals surface area contributed by atoms with Crippen LogP contribution in [0, 0.1) is 6.92 Å². The van der Waals surface area contributed by atoms with Crippen molar-refractivity contribution in [2.75, 3.05) is 18.0 Å². The van der Waals surface area contributed by atoms with Gasteiger partial charge in [0, 0.05) is 31.9 Å². The largest absolute Gasteiger partial charge is 0.351 e. The van der Waals surface area contributed by atoms with Gasteiger partial charge < -0.3 is 4.90 Å². The molecule has 5 heteroatoms. The summed E-state index contributed by atoms with van der Waals surface area (Å²) in [7, 11) is -1.16. The summed E-state index contributed by atoms with van der Waals surface area (Å²) in [5.74, 6) is 0.917. The van der Waals surface area contributed by atoms with E-state index in [0.717, 1.165) is 36.8 Å². The summed E-state index contributed by atoms with van der Waals surface area (Å²) >= 11 is 0. The molecule has 0 spiro atoms. The number of rotatable bonds is 2. The molecule has 1 fully saturated rings. The topological polar surface area (TPSA) is 36.4 Å². The van der Waals surface area contributed by atoms with Gasteiger partial charge in [-0.1, -0.05) is 24.3 Å². The maximum atomic E-state index is 13.2. The molecule has 2 aromatic rings. The average molecular weight is 327 g/mol. The summed E-state index contributed by atoms with van der Waals surface area (Å²) in [6, 6.07) is 12.6. The molecule has 1 saturated heterocycles. The highest BCUT2D eigenvalue weighted by atomic mass is 32.2. The van der Waals surface area contributed by atoms with Crippen LogP contribution in [0.3, 0.4) is 0 Å². The van der Waals surface area contributed by atoms with Crippen molar-refractivity contribution in [2.24, 2.45) is 0 Å². The van der Waals surface area contributed by atoms with E-state index in [1.165, 1.54) is 17.5 Å². The molecule has 0 aliphatic carbocycles. The predicted octanol–water partition coefficient (Wildman–Crippen LogP) is 2.90. The first-order chi connectivity index (χ1) is 11.2. The highest BCUT2D eigenvalue weighted by Crippen LogP contribution is 2.34. The van der Waals surface area contributed by atoms with Crippen LogP contribution in [0.4, 0.5) is 5.82 Å². The summed E-state index contributed by atoms with van der Waals surface area (Å²) in [5.41, 5.74) is 2.50. The Morgan fingerprint density at radius 2 is 2.13 bits per heavy atom. The zero-order valence-electron chi connectivity index (χ0n) is 13.3. The van der Waals surface area contributed by atoms with Crippen molar-refractivity contribution >= 4 is 16.8 Å². The fourth-order valence-corrected chi connectivity index (χ4v) is 4.94. The third-order valence-electron chi connectivity index (χ3n) is 4.85. The fraction of sp³-hybridized carbons (Fsp3) is 0.389. The van der Waals surface area contributed by atoms with E-state index in [0.29, 0.717) is 6.04 Å². The number of fused-ring (bicyclic) bond motifs is 3. The smallest absolute Gasteiger partial charge is 0.146 e. The summed E-state index contributed by atoms with van der Waals surface area (Å²) < 4.78 is 15.3. The molecule has 2 atom stereocenters. The van der Waals surface area contributed by atoms with Gasteiger partial charge >= 0.3 is 0 Å². The fourth-order valence-electron chi connectivity index (χ4n) is 3.58. The van der Waals surface area contributed by atoms with Gasteiger partial charge in [0.2, 0.25) is 0 Å². The Labute approximate surface area is 139 Å². The standard InChI is InChI=1S/C18H21N3OS/c1-14-6-2-3-7-15(14)12-20-13-16-8-5-11-21(16)18-17(23(20)22)9-4-10-19-18/h2-4,6-7,9-10,16H,5,8,11-13H2,1H3/t16-,23?/m1/s1. The zero-order valence-corrected chi connectivity index (χ0v) is 14.1. The van der Waals surface area contributed by atoms with Gasteiger partial charge in [0.05, 0.1) is 4.90 Å². The first-order valence-electron chi connectivity index (χ1n) is 8.17. The zero-order chi connectivity index (χ0) is 15.8. The minimum Gasteiger partial charge on any atom is -0.351 e. The van der Waals surface area contributed by atoms with Gasteiger partial charge in [-0.2, -0.15) is 0 Å². The summed E-state index contributed by atoms with van der Waals surface area (Å²) in [5, 5.41) is 0. The number of pyridine rings is 1. The molecule has 1 aromatic heterocycles. The van der Waals surface area contributed by atoms with Gasteiger partial charge in [-0.15, -0.1) is 0 Å². The molecule has 120 valence electrons. The monoisotopic (exact) mass is 327 g/mol. The lowest BCUT2D eigenvalue weighted by molar-refractivity contribution is 0.406. The van der Waals surface area contributed by atoms with E-state index in [-0.39, 0.29) is 0 Å². The highest BCUT2D eigenvalue weighted by molar-refractivity contribution is 7.82. The van der Waals surface area contributed by atoms with E-state index >= 15 is 0 Å². The van der Waals surface area contributed by atoms with Crippen LogP contribution in [0.1, 0.15) is 24.0 Å². The van der Waals surface area contributed by atoms with E-state index in [9.17, 15) is 4.21 Å². The number of hydrogen-bond donors (Lipinski definition) is 0. The molecule has 4 nitrogen and oxygen atoms in total. The highest BCUT2D eigenvalue weighted by Gasteiger charge is 2.35. The Kier molecular flexibility index (Phi) is 3.91. The number of anilines is 1. The molecule has 2 aliphatic heterocycles. The molecule has 23 heavy (non-hydrogen) atoms. The summed E-state index contributed by atoms with van der Waals surface area (Å²) in [6.07, 6.45) is 4.14. The normalized spacial score (nSPS) is 24.1. The molecule has 3 heterocycles. The van der Waals surface area contributed by atoms with Gasteiger partial charge in [-0.05, 0) is 43.0 Å². The van der Waals surface area contributed by atoms with Crippen molar-refractivity contribution in [2.45, 2.75) is 37.2 Å². The molecular weight excluding hydrogens is 306 g/mol. The first kappa shape index (κ1) is 14.8. The van der Waals surface area contributed by atoms with Crippen molar-refractivity contribution in [3.05, 3.63) is 53.7 Å². The second-order valence-corrected chi connectivity index (χ2v) is 7.77. The molecular formula is C18H21N3OS. The van der Waals surface area contributed by atoms with Gasteiger partial charge in [-0.25, -0.2) is 13.5 Å². The Morgan fingerprint density at radius 3 is 3.00 bits per heavy atom. The Bertz CT molecular complexity index is 749. The molecule has 4 rings (SSSR count). The minimum absolute atomic E-state index is 0.416. The van der Waals surface area contributed by atoms with Crippen LogP contribution < -0.4 is 4.90 Å². The lowest BCUT2D eigenvalue weighted by atomic mass is 10.1. The number of nitrogens with zero attached hydrogens (tertiary/aromatic N) is 3. The number of hydrogen-bond acceptors (Lipinski definition) is 3. The summed E-state index contributed by atoms with van der Waals surface area (Å²) in [6.45, 7) is 4.69. The molecule has 0 radical (unpaired) electrons. The second-order valence-electron chi connectivity index (χ2n) is 6.31. The molecule has 0 N–H and O–H groups in total. The predicted molar refractivity (Wildman–Crippen MR) is 92.6 cm³/mol. The van der Waals surface area contributed by atoms with Crippen LogP contribution in [0.15, 0.2) is 47.5 Å². The third-order valence-corrected chi connectivity index (χ3v) is 6.29. The Hall–Kier alpha value is -1.72. The van der Waals surface area contributed by atoms with Crippen LogP contribution in [0.25, 0.3) is 0 Å². The van der Waals surface area contributed by atoms with Crippen LogP contribution >= 0.6 is 0 Å². The lowest BCUT2D eigenvalue weighted by Gasteiger charge is -2.26. The third kappa shape index (κ3) is 2.68. The second kappa shape index (κ2) is 6.06. The Balaban J connectivity index is 1.71. The average Bonchev–Trinajstić information content (AvgIpc) is 3.00. The van der Waals surface area contributed by atoms with E-state index in [4.69, 9.17) is 0 Å². The van der Waals surface area contributed by atoms with Crippen molar-refractivity contribution < 1.29 is 4.21 Å². The van der Waals surface area contributed by atoms with Gasteiger partial charge in [0.25, 0.3) is 0 Å². The maximum Gasteiger partial charge on any atom is 0.146 e. The van der Waals surface area contributed by atoms with Crippen LogP contribution in [-0.4, -0.2) is 32.6 Å². The van der Waals surface area contributed by atoms with Crippen molar-refractivity contribution in [3.63, 3.8) is 0 Å². The first-order valence-corrected chi connectivity index (χ1v) is 9.28. The van der Waals surface area contributed by atoms with E-state index in [1.54, 1.807) is 0 Å². The van der Waals surface area contributed by atoms with E-state index in [1.807, 2.05) is 18.3 Å². The number of aryl methyl sites for hydroxylation is 1. The number of aromatic nitrogens is 1. The molecule has 1 unspecified atom stereocenters. The molecule has 1 aromatic carbocycles. The van der Waals surface area contributed by atoms with Crippen LogP contribution in [0.2, 0.25) is 0 Å². The quantitative estimate of drug-likeness (QED) is 0.851. The van der Waals surface area contributed by atoms with E-state index in [2.05, 4.69) is 45.4 Å². The molecule has 0 amide bonds. The molecule has 0 saturated carbocycles. The maximum absolute atomic E-state index is 13.2. The molecule has 0 bridgehead atoms. The van der Waals surface area contributed by atoms with Gasteiger partial charge in [0.15, 0.2) is 0 Å². The van der Waals surface area contributed by atoms with Crippen LogP contribution in [0.5, 0.6) is 0 Å². The minimum atomic E-state index is -1.16. The van der Waals surface area contributed by atoms with Crippen molar-refractivity contribution in [3.8, 4) is 0 Å². The van der Waals surface area contributed by atoms with Crippen LogP contribution in [-0.2, 0) is 17.5 Å². The van der Waals surface area contributed by atoms with Crippen molar-refractivity contribution in [1.82, 2.24) is 9.29 Å². The van der Waals surface area contributed by atoms with Gasteiger partial charge in [0.1, 0.15) is 16.8 Å². The lowest BCUT2D eigenvalue weighted by Crippen LogP contribution is -2.38. The van der Waals surface area contributed by atoms with E-state index < -0.39 is 11.0 Å². The number of benzene rings is 1. The molecule has 2 aliphatic rings. The Morgan fingerprint density at radius 1 is 1.26 bits per heavy atom. The summed E-state index contributed by atoms with van der Waals surface area (Å²) in [4.78, 5) is 7.74. The van der Waals surface area contributed by atoms with Crippen molar-refractivity contribution in [1.29, 1.82) is 0 Å². The van der Waals surface area contributed by atoms with Gasteiger partial charge in [-0.3, -0.25) is 0 Å². The SMILES string of the molecule is Cc1ccccc1CN1C[C@H]2CCCN2c2ncccc2S1=O.